The van der Waals surface area contributed by atoms with Crippen molar-refractivity contribution in [2.75, 3.05) is 0 Å². The molecule has 1 aromatic heterocycles. The van der Waals surface area contributed by atoms with Gasteiger partial charge in [-0.3, -0.25) is 4.79 Å². The topological polar surface area (TPSA) is 65.7 Å². The number of hydrogen-bond donors (Lipinski definition) is 0. The van der Waals surface area contributed by atoms with E-state index in [-0.39, 0.29) is 16.9 Å². The van der Waals surface area contributed by atoms with E-state index in [0.717, 1.165) is 22.4 Å². The lowest BCUT2D eigenvalue weighted by atomic mass is 10.0. The summed E-state index contributed by atoms with van der Waals surface area (Å²) < 4.78 is 57.6. The number of rotatable bonds is 5. The Bertz CT molecular complexity index is 1840. The van der Waals surface area contributed by atoms with Crippen molar-refractivity contribution < 1.29 is 31.9 Å². The molecule has 0 atom stereocenters. The van der Waals surface area contributed by atoms with E-state index in [2.05, 4.69) is 0 Å². The lowest BCUT2D eigenvalue weighted by molar-refractivity contribution is -0.154. The molecule has 0 aliphatic carbocycles. The predicted molar refractivity (Wildman–Crippen MR) is 147 cm³/mol. The molecule has 0 fully saturated rings. The molecule has 5 aromatic rings. The van der Waals surface area contributed by atoms with Crippen LogP contribution in [-0.4, -0.2) is 5.97 Å². The molecule has 0 N–H and O–H groups in total. The highest BCUT2D eigenvalue weighted by atomic mass is 35.5. The molecular formula is C31H20ClF3O5. The Morgan fingerprint density at radius 2 is 1.60 bits per heavy atom. The number of halogens is 4. The normalized spacial score (nSPS) is 11.8. The minimum absolute atomic E-state index is 0.0000759. The molecule has 0 saturated carbocycles. The van der Waals surface area contributed by atoms with Crippen LogP contribution in [-0.2, 0) is 11.0 Å². The molecule has 40 heavy (non-hydrogen) atoms. The molecule has 9 heteroatoms. The average Bonchev–Trinajstić information content (AvgIpc) is 2.91. The van der Waals surface area contributed by atoms with Crippen molar-refractivity contribution in [2.24, 2.45) is 0 Å². The molecule has 0 unspecified atom stereocenters. The van der Waals surface area contributed by atoms with Crippen LogP contribution in [0.3, 0.4) is 0 Å². The zero-order valence-corrected chi connectivity index (χ0v) is 21.9. The summed E-state index contributed by atoms with van der Waals surface area (Å²) in [4.78, 5) is 25.6. The van der Waals surface area contributed by atoms with Gasteiger partial charge < -0.3 is 13.9 Å². The van der Waals surface area contributed by atoms with E-state index < -0.39 is 34.7 Å². The van der Waals surface area contributed by atoms with Crippen LogP contribution in [0.25, 0.3) is 27.8 Å². The van der Waals surface area contributed by atoms with Crippen LogP contribution in [0.2, 0.25) is 5.02 Å². The number of benzene rings is 4. The molecule has 202 valence electrons. The second kappa shape index (κ2) is 10.5. The molecular weight excluding hydrogens is 545 g/mol. The third-order valence-corrected chi connectivity index (χ3v) is 6.75. The molecule has 4 aromatic carbocycles. The first kappa shape index (κ1) is 27.0. The third kappa shape index (κ3) is 5.44. The van der Waals surface area contributed by atoms with Crippen LogP contribution in [0.5, 0.6) is 17.2 Å². The zero-order chi connectivity index (χ0) is 28.6. The van der Waals surface area contributed by atoms with Crippen molar-refractivity contribution in [2.45, 2.75) is 20.0 Å². The van der Waals surface area contributed by atoms with Gasteiger partial charge in [-0.1, -0.05) is 54.1 Å². The maximum Gasteiger partial charge on any atom is 0.453 e. The minimum atomic E-state index is -5.05. The number of carbonyl (C=O) groups is 1. The Labute approximate surface area is 231 Å². The fraction of sp³-hybridized carbons (Fsp3) is 0.0968. The standard InChI is InChI=1S/C31H20ClF3O5/c1-17-14-22(15-18(2)27(17)32)39-29-28(37)24-12-11-21(16-25(24)40-30(29)31(33,34)35)38-26(36)13-10-20-8-5-7-19-6-3-4-9-23(19)20/h3-16H,1-2H3. The van der Waals surface area contributed by atoms with E-state index in [1.165, 1.54) is 30.3 Å². The highest BCUT2D eigenvalue weighted by Crippen LogP contribution is 2.39. The molecule has 0 amide bonds. The number of carbonyl (C=O) groups excluding carboxylic acids is 1. The molecule has 5 rings (SSSR count). The highest BCUT2D eigenvalue weighted by molar-refractivity contribution is 6.32. The second-order valence-electron chi connectivity index (χ2n) is 9.04. The molecule has 0 spiro atoms. The summed E-state index contributed by atoms with van der Waals surface area (Å²) in [6, 6.07) is 19.7. The SMILES string of the molecule is Cc1cc(Oc2c(C(F)(F)F)oc3cc(OC(=O)C=Cc4cccc5ccccc45)ccc3c2=O)cc(C)c1Cl. The molecule has 0 aliphatic rings. The Hall–Kier alpha value is -4.56. The minimum Gasteiger partial charge on any atom is -0.449 e. The van der Waals surface area contributed by atoms with Crippen molar-refractivity contribution in [1.82, 2.24) is 0 Å². The van der Waals surface area contributed by atoms with Crippen LogP contribution < -0.4 is 14.9 Å². The number of hydrogen-bond acceptors (Lipinski definition) is 5. The van der Waals surface area contributed by atoms with Gasteiger partial charge in [-0.2, -0.15) is 13.2 Å². The van der Waals surface area contributed by atoms with E-state index in [9.17, 15) is 22.8 Å². The first-order valence-electron chi connectivity index (χ1n) is 12.0. The summed E-state index contributed by atoms with van der Waals surface area (Å²) in [6.45, 7) is 3.32. The number of esters is 1. The van der Waals surface area contributed by atoms with Gasteiger partial charge in [0.25, 0.3) is 5.76 Å². The number of fused-ring (bicyclic) bond motifs is 2. The quantitative estimate of drug-likeness (QED) is 0.121. The number of ether oxygens (including phenoxy) is 2. The Morgan fingerprint density at radius 1 is 0.900 bits per heavy atom. The molecule has 5 nitrogen and oxygen atoms in total. The van der Waals surface area contributed by atoms with Crippen molar-refractivity contribution in [3.8, 4) is 17.2 Å². The lowest BCUT2D eigenvalue weighted by Crippen LogP contribution is -2.15. The monoisotopic (exact) mass is 564 g/mol. The first-order chi connectivity index (χ1) is 19.0. The predicted octanol–water partition coefficient (Wildman–Crippen LogP) is 8.65. The summed E-state index contributed by atoms with van der Waals surface area (Å²) in [7, 11) is 0. The summed E-state index contributed by atoms with van der Waals surface area (Å²) >= 11 is 6.13. The average molecular weight is 565 g/mol. The van der Waals surface area contributed by atoms with Crippen LogP contribution >= 0.6 is 11.6 Å². The van der Waals surface area contributed by atoms with Gasteiger partial charge in [0.15, 0.2) is 0 Å². The van der Waals surface area contributed by atoms with Crippen molar-refractivity contribution in [3.05, 3.63) is 117 Å². The maximum absolute atomic E-state index is 13.9. The van der Waals surface area contributed by atoms with Gasteiger partial charge in [-0.25, -0.2) is 4.79 Å². The summed E-state index contributed by atoms with van der Waals surface area (Å²) in [5.41, 5.74) is 0.463. The Morgan fingerprint density at radius 3 is 2.33 bits per heavy atom. The van der Waals surface area contributed by atoms with Gasteiger partial charge in [0.05, 0.1) is 5.39 Å². The van der Waals surface area contributed by atoms with Crippen LogP contribution in [0.1, 0.15) is 22.5 Å². The summed E-state index contributed by atoms with van der Waals surface area (Å²) in [5.74, 6) is -3.49. The van der Waals surface area contributed by atoms with Crippen molar-refractivity contribution in [3.63, 3.8) is 0 Å². The van der Waals surface area contributed by atoms with E-state index in [1.54, 1.807) is 19.9 Å². The molecule has 0 radical (unpaired) electrons. The fourth-order valence-electron chi connectivity index (χ4n) is 4.29. The summed E-state index contributed by atoms with van der Waals surface area (Å²) in [6.07, 6.45) is -2.26. The first-order valence-corrected chi connectivity index (χ1v) is 12.4. The fourth-order valence-corrected chi connectivity index (χ4v) is 4.40. The van der Waals surface area contributed by atoms with Crippen molar-refractivity contribution >= 4 is 45.4 Å². The van der Waals surface area contributed by atoms with Gasteiger partial charge in [0.1, 0.15) is 17.1 Å². The van der Waals surface area contributed by atoms with E-state index >= 15 is 0 Å². The maximum atomic E-state index is 13.9. The zero-order valence-electron chi connectivity index (χ0n) is 21.1. The Kier molecular flexibility index (Phi) is 7.12. The number of alkyl halides is 3. The second-order valence-corrected chi connectivity index (χ2v) is 9.42. The molecule has 0 saturated heterocycles. The van der Waals surface area contributed by atoms with Gasteiger partial charge in [-0.15, -0.1) is 0 Å². The number of aryl methyl sites for hydroxylation is 2. The van der Waals surface area contributed by atoms with Crippen LogP contribution in [0, 0.1) is 13.8 Å². The van der Waals surface area contributed by atoms with Gasteiger partial charge >= 0.3 is 12.1 Å². The van der Waals surface area contributed by atoms with Gasteiger partial charge in [0, 0.05) is 17.2 Å². The summed E-state index contributed by atoms with van der Waals surface area (Å²) in [5, 5.41) is 2.18. The molecule has 0 aliphatic heterocycles. The van der Waals surface area contributed by atoms with Crippen LogP contribution in [0.4, 0.5) is 13.2 Å². The van der Waals surface area contributed by atoms with E-state index in [0.29, 0.717) is 16.1 Å². The third-order valence-electron chi connectivity index (χ3n) is 6.15. The van der Waals surface area contributed by atoms with Crippen molar-refractivity contribution in [1.29, 1.82) is 0 Å². The molecule has 0 bridgehead atoms. The van der Waals surface area contributed by atoms with E-state index in [4.69, 9.17) is 25.5 Å². The lowest BCUT2D eigenvalue weighted by Gasteiger charge is -2.14. The largest absolute Gasteiger partial charge is 0.453 e. The van der Waals surface area contributed by atoms with Gasteiger partial charge in [0.2, 0.25) is 11.2 Å². The Balaban J connectivity index is 1.46. The highest BCUT2D eigenvalue weighted by Gasteiger charge is 2.40. The smallest absolute Gasteiger partial charge is 0.449 e. The van der Waals surface area contributed by atoms with Gasteiger partial charge in [-0.05, 0) is 71.7 Å². The molecule has 1 heterocycles. The van der Waals surface area contributed by atoms with E-state index in [1.807, 2.05) is 42.5 Å². The van der Waals surface area contributed by atoms with Crippen LogP contribution in [0.15, 0.2) is 88.1 Å².